The molecule has 1 aliphatic heterocycles. The van der Waals surface area contributed by atoms with Crippen molar-refractivity contribution in [2.75, 3.05) is 37.9 Å². The van der Waals surface area contributed by atoms with E-state index in [-0.39, 0.29) is 24.0 Å². The number of hydrogen-bond acceptors (Lipinski definition) is 5. The Labute approximate surface area is 200 Å². The molecule has 1 aliphatic rings. The highest BCUT2D eigenvalue weighted by atomic mass is 35.5. The van der Waals surface area contributed by atoms with Gasteiger partial charge in [0, 0.05) is 28.7 Å². The Morgan fingerprint density at radius 1 is 1.18 bits per heavy atom. The van der Waals surface area contributed by atoms with E-state index in [0.29, 0.717) is 22.1 Å². The molecule has 0 saturated heterocycles. The van der Waals surface area contributed by atoms with Crippen molar-refractivity contribution in [3.8, 4) is 0 Å². The molecule has 0 fully saturated rings. The van der Waals surface area contributed by atoms with Gasteiger partial charge in [-0.2, -0.15) is 0 Å². The van der Waals surface area contributed by atoms with Crippen LogP contribution in [-0.2, 0) is 9.59 Å². The maximum absolute atomic E-state index is 15.0. The molecule has 3 aromatic rings. The molecular weight excluding hydrogens is 463 g/mol. The number of carbonyl (C=O) groups is 2. The molecule has 1 unspecified atom stereocenters. The summed E-state index contributed by atoms with van der Waals surface area (Å²) < 4.78 is 15.0. The first-order chi connectivity index (χ1) is 15.7. The minimum Gasteiger partial charge on any atom is -0.325 e. The number of nitrogens with zero attached hydrogens (tertiary/aromatic N) is 3. The van der Waals surface area contributed by atoms with Gasteiger partial charge in [-0.15, -0.1) is 11.3 Å². The molecule has 1 aromatic heterocycles. The molecule has 1 N–H and O–H groups in total. The van der Waals surface area contributed by atoms with E-state index in [1.54, 1.807) is 43.3 Å². The maximum Gasteiger partial charge on any atom is 0.240 e. The summed E-state index contributed by atoms with van der Waals surface area (Å²) in [6.45, 7) is 0.165. The fourth-order valence-corrected chi connectivity index (χ4v) is 4.60. The summed E-state index contributed by atoms with van der Waals surface area (Å²) >= 11 is 7.53. The van der Waals surface area contributed by atoms with E-state index < -0.39 is 11.7 Å². The largest absolute Gasteiger partial charge is 0.325 e. The number of amides is 2. The third-order valence-electron chi connectivity index (χ3n) is 5.26. The lowest BCUT2D eigenvalue weighted by molar-refractivity contribution is -0.119. The number of carbonyl (C=O) groups excluding carboxylic acids is 2. The second-order valence-electron chi connectivity index (χ2n) is 7.95. The number of benzene rings is 2. The summed E-state index contributed by atoms with van der Waals surface area (Å²) in [5.41, 5.74) is 2.44. The monoisotopic (exact) mass is 484 g/mol. The molecule has 9 heteroatoms. The molecule has 1 atom stereocenters. The molecular formula is C24H22ClFN4O2S. The number of hydrogen-bond donors (Lipinski definition) is 1. The van der Waals surface area contributed by atoms with Gasteiger partial charge in [-0.3, -0.25) is 14.6 Å². The number of likely N-dealkylation sites (N-methyl/N-ethyl adjacent to an activating group) is 2. The van der Waals surface area contributed by atoms with E-state index >= 15 is 0 Å². The second-order valence-corrected chi connectivity index (χ2v) is 9.34. The first-order valence-corrected chi connectivity index (χ1v) is 11.4. The van der Waals surface area contributed by atoms with Gasteiger partial charge in [0.15, 0.2) is 0 Å². The minimum absolute atomic E-state index is 0.164. The number of nitrogens with one attached hydrogen (secondary N) is 1. The van der Waals surface area contributed by atoms with Crippen molar-refractivity contribution >= 4 is 57.5 Å². The van der Waals surface area contributed by atoms with Crippen molar-refractivity contribution in [1.29, 1.82) is 0 Å². The quantitative estimate of drug-likeness (QED) is 0.505. The van der Waals surface area contributed by atoms with Crippen LogP contribution < -0.4 is 10.2 Å². The zero-order chi connectivity index (χ0) is 23.7. The van der Waals surface area contributed by atoms with Crippen LogP contribution in [0.3, 0.4) is 0 Å². The molecule has 0 saturated carbocycles. The average Bonchev–Trinajstić information content (AvgIpc) is 3.38. The Morgan fingerprint density at radius 3 is 2.64 bits per heavy atom. The van der Waals surface area contributed by atoms with Crippen LogP contribution in [0.4, 0.5) is 21.5 Å². The molecule has 0 spiro atoms. The summed E-state index contributed by atoms with van der Waals surface area (Å²) in [7, 11) is 5.09. The minimum atomic E-state index is -0.650. The van der Waals surface area contributed by atoms with E-state index in [2.05, 4.69) is 5.32 Å². The zero-order valence-corrected chi connectivity index (χ0v) is 19.9. The molecule has 170 valence electrons. The molecule has 0 radical (unpaired) electrons. The lowest BCUT2D eigenvalue weighted by Gasteiger charge is -2.20. The van der Waals surface area contributed by atoms with Gasteiger partial charge in [-0.1, -0.05) is 23.7 Å². The molecule has 2 amide bonds. The van der Waals surface area contributed by atoms with Gasteiger partial charge in [0.05, 0.1) is 23.6 Å². The van der Waals surface area contributed by atoms with Crippen LogP contribution in [0.15, 0.2) is 58.9 Å². The zero-order valence-electron chi connectivity index (χ0n) is 18.3. The van der Waals surface area contributed by atoms with Crippen LogP contribution in [0.25, 0.3) is 0 Å². The Balaban J connectivity index is 1.73. The summed E-state index contributed by atoms with van der Waals surface area (Å²) in [6.07, 6.45) is 0. The molecule has 2 aromatic carbocycles. The predicted octanol–water partition coefficient (Wildman–Crippen LogP) is 4.92. The Bertz CT molecular complexity index is 1240. The second kappa shape index (κ2) is 9.43. The Hall–Kier alpha value is -3.07. The number of anilines is 2. The summed E-state index contributed by atoms with van der Waals surface area (Å²) in [5.74, 6) is -1.67. The smallest absolute Gasteiger partial charge is 0.240 e. The fourth-order valence-electron chi connectivity index (χ4n) is 3.68. The van der Waals surface area contributed by atoms with E-state index in [9.17, 15) is 14.0 Å². The van der Waals surface area contributed by atoms with Crippen molar-refractivity contribution in [2.24, 2.45) is 4.99 Å². The van der Waals surface area contributed by atoms with Crippen LogP contribution >= 0.6 is 22.9 Å². The lowest BCUT2D eigenvalue weighted by atomic mass is 9.94. The highest BCUT2D eigenvalue weighted by Crippen LogP contribution is 2.38. The van der Waals surface area contributed by atoms with Crippen LogP contribution in [0.5, 0.6) is 0 Å². The molecule has 2 heterocycles. The molecule has 0 bridgehead atoms. The van der Waals surface area contributed by atoms with Gasteiger partial charge in [0.2, 0.25) is 11.8 Å². The fraction of sp³-hybridized carbons (Fsp3) is 0.208. The summed E-state index contributed by atoms with van der Waals surface area (Å²) in [4.78, 5) is 33.7. The first kappa shape index (κ1) is 23.1. The maximum atomic E-state index is 15.0. The first-order valence-electron chi connectivity index (χ1n) is 10.2. The van der Waals surface area contributed by atoms with E-state index in [0.717, 1.165) is 10.4 Å². The topological polar surface area (TPSA) is 65.0 Å². The lowest BCUT2D eigenvalue weighted by Crippen LogP contribution is -2.35. The third kappa shape index (κ3) is 4.83. The van der Waals surface area contributed by atoms with Crippen molar-refractivity contribution in [3.05, 3.63) is 75.2 Å². The highest BCUT2D eigenvalue weighted by molar-refractivity contribution is 7.12. The number of rotatable bonds is 6. The average molecular weight is 485 g/mol. The standard InChI is InChI=1S/C24H22ClFN4O2S/c1-29(2)13-21(31)30(3)19-9-7-15(12-17(19)26)27-23(20-5-4-10-33-20)22-16-8-6-14(25)11-18(16)28-24(22)32/h4-12,22H,13H2,1-3H3,(H,28,32). The van der Waals surface area contributed by atoms with E-state index in [4.69, 9.17) is 16.6 Å². The molecule has 33 heavy (non-hydrogen) atoms. The molecule has 0 aliphatic carbocycles. The van der Waals surface area contributed by atoms with Gasteiger partial charge in [0.25, 0.3) is 0 Å². The van der Waals surface area contributed by atoms with E-state index in [1.165, 1.54) is 35.4 Å². The van der Waals surface area contributed by atoms with Gasteiger partial charge in [-0.25, -0.2) is 4.39 Å². The van der Waals surface area contributed by atoms with Crippen LogP contribution in [0.2, 0.25) is 5.02 Å². The Kier molecular flexibility index (Phi) is 6.60. The van der Waals surface area contributed by atoms with Crippen LogP contribution in [0.1, 0.15) is 16.4 Å². The number of halogens is 2. The number of fused-ring (bicyclic) bond motifs is 1. The molecule has 6 nitrogen and oxygen atoms in total. The van der Waals surface area contributed by atoms with Crippen molar-refractivity contribution in [2.45, 2.75) is 5.92 Å². The van der Waals surface area contributed by atoms with E-state index in [1.807, 2.05) is 17.5 Å². The SMILES string of the molecule is CN(C)CC(=O)N(C)c1ccc(N=C(c2cccs2)C2C(=O)Nc3cc(Cl)ccc32)cc1F. The van der Waals surface area contributed by atoms with Gasteiger partial charge < -0.3 is 15.1 Å². The van der Waals surface area contributed by atoms with Crippen molar-refractivity contribution in [1.82, 2.24) is 4.90 Å². The van der Waals surface area contributed by atoms with Gasteiger partial charge >= 0.3 is 0 Å². The Morgan fingerprint density at radius 2 is 1.97 bits per heavy atom. The summed E-state index contributed by atoms with van der Waals surface area (Å²) in [5, 5.41) is 5.28. The highest BCUT2D eigenvalue weighted by Gasteiger charge is 2.36. The van der Waals surface area contributed by atoms with Gasteiger partial charge in [-0.05, 0) is 55.4 Å². The normalized spacial score (nSPS) is 15.5. The predicted molar refractivity (Wildman–Crippen MR) is 132 cm³/mol. The van der Waals surface area contributed by atoms with Crippen molar-refractivity contribution < 1.29 is 14.0 Å². The molecule has 4 rings (SSSR count). The summed E-state index contributed by atoms with van der Waals surface area (Å²) in [6, 6.07) is 13.4. The van der Waals surface area contributed by atoms with Crippen LogP contribution in [0, 0.1) is 5.82 Å². The van der Waals surface area contributed by atoms with Crippen molar-refractivity contribution in [3.63, 3.8) is 0 Å². The number of aliphatic imine (C=N–C) groups is 1. The van der Waals surface area contributed by atoms with Gasteiger partial charge in [0.1, 0.15) is 11.7 Å². The number of thiophene rings is 1. The van der Waals surface area contributed by atoms with Crippen LogP contribution in [-0.4, -0.2) is 50.1 Å². The third-order valence-corrected chi connectivity index (χ3v) is 6.39.